The molecule has 7 heteroatoms. The van der Waals surface area contributed by atoms with Crippen LogP contribution in [0.5, 0.6) is 0 Å². The van der Waals surface area contributed by atoms with Crippen molar-refractivity contribution in [2.75, 3.05) is 11.9 Å². The molecule has 1 atom stereocenters. The first-order chi connectivity index (χ1) is 8.45. The molecule has 100 valence electrons. The number of benzene rings is 1. The zero-order valence-corrected chi connectivity index (χ0v) is 9.82. The van der Waals surface area contributed by atoms with Gasteiger partial charge in [0.05, 0.1) is 11.0 Å². The molecule has 0 spiro atoms. The van der Waals surface area contributed by atoms with Gasteiger partial charge in [0.15, 0.2) is 0 Å². The van der Waals surface area contributed by atoms with E-state index < -0.39 is 28.3 Å². The summed E-state index contributed by atoms with van der Waals surface area (Å²) < 4.78 is 26.2. The summed E-state index contributed by atoms with van der Waals surface area (Å²) in [4.78, 5) is 9.75. The lowest BCUT2D eigenvalue weighted by Crippen LogP contribution is -2.13. The van der Waals surface area contributed by atoms with Gasteiger partial charge in [0, 0.05) is 18.7 Å². The van der Waals surface area contributed by atoms with E-state index in [1.807, 2.05) is 0 Å². The largest absolute Gasteiger partial charge is 0.393 e. The first-order valence-electron chi connectivity index (χ1n) is 5.51. The van der Waals surface area contributed by atoms with Crippen molar-refractivity contribution in [3.8, 4) is 0 Å². The maximum atomic E-state index is 13.2. The van der Waals surface area contributed by atoms with Crippen LogP contribution >= 0.6 is 0 Å². The number of rotatable bonds is 6. The minimum atomic E-state index is -1.22. The highest BCUT2D eigenvalue weighted by Gasteiger charge is 2.21. The van der Waals surface area contributed by atoms with E-state index in [1.165, 1.54) is 0 Å². The maximum absolute atomic E-state index is 13.2. The lowest BCUT2D eigenvalue weighted by atomic mass is 10.2. The molecule has 0 radical (unpaired) electrons. The van der Waals surface area contributed by atoms with E-state index in [2.05, 4.69) is 5.32 Å². The Labute approximate surface area is 103 Å². The fraction of sp³-hybridized carbons (Fsp3) is 0.455. The molecule has 0 fully saturated rings. The van der Waals surface area contributed by atoms with Crippen molar-refractivity contribution >= 4 is 11.4 Å². The summed E-state index contributed by atoms with van der Waals surface area (Å²) in [5.74, 6) is -2.12. The van der Waals surface area contributed by atoms with E-state index in [4.69, 9.17) is 0 Å². The molecule has 0 aliphatic carbocycles. The first-order valence-corrected chi connectivity index (χ1v) is 5.51. The Morgan fingerprint density at radius 2 is 2.17 bits per heavy atom. The van der Waals surface area contributed by atoms with E-state index in [1.54, 1.807) is 6.92 Å². The predicted octanol–water partition coefficient (Wildman–Crippen LogP) is 2.45. The van der Waals surface area contributed by atoms with Crippen LogP contribution in [0.2, 0.25) is 0 Å². The van der Waals surface area contributed by atoms with Crippen molar-refractivity contribution in [3.63, 3.8) is 0 Å². The highest BCUT2D eigenvalue weighted by molar-refractivity contribution is 5.62. The Bertz CT molecular complexity index is 441. The standard InChI is InChI=1S/C11H14F2N2O3/c1-2-8(16)3-4-14-10-6-7(12)5-9(13)11(10)15(17)18/h5-6,8,14,16H,2-4H2,1H3. The van der Waals surface area contributed by atoms with Gasteiger partial charge in [0.1, 0.15) is 11.5 Å². The molecule has 0 saturated carbocycles. The van der Waals surface area contributed by atoms with E-state index in [0.29, 0.717) is 18.9 Å². The molecular formula is C11H14F2N2O3. The van der Waals surface area contributed by atoms with E-state index in [9.17, 15) is 24.0 Å². The van der Waals surface area contributed by atoms with E-state index >= 15 is 0 Å². The minimum absolute atomic E-state index is 0.193. The lowest BCUT2D eigenvalue weighted by Gasteiger charge is -2.10. The van der Waals surface area contributed by atoms with Crippen LogP contribution in [0.15, 0.2) is 12.1 Å². The van der Waals surface area contributed by atoms with Crippen LogP contribution in [-0.2, 0) is 0 Å². The van der Waals surface area contributed by atoms with Gasteiger partial charge >= 0.3 is 5.69 Å². The molecule has 0 aromatic heterocycles. The predicted molar refractivity (Wildman–Crippen MR) is 62.4 cm³/mol. The van der Waals surface area contributed by atoms with Gasteiger partial charge in [-0.1, -0.05) is 6.92 Å². The topological polar surface area (TPSA) is 75.4 Å². The second-order valence-corrected chi connectivity index (χ2v) is 3.82. The van der Waals surface area contributed by atoms with Crippen LogP contribution in [0.3, 0.4) is 0 Å². The summed E-state index contributed by atoms with van der Waals surface area (Å²) in [5, 5.41) is 22.5. The van der Waals surface area contributed by atoms with Crippen molar-refractivity contribution in [2.45, 2.75) is 25.9 Å². The number of aliphatic hydroxyl groups excluding tert-OH is 1. The molecule has 0 aliphatic rings. The van der Waals surface area contributed by atoms with Gasteiger partial charge in [-0.25, -0.2) is 4.39 Å². The van der Waals surface area contributed by atoms with Crippen LogP contribution in [0.1, 0.15) is 19.8 Å². The van der Waals surface area contributed by atoms with Gasteiger partial charge in [-0.15, -0.1) is 0 Å². The summed E-state index contributed by atoms with van der Waals surface area (Å²) in [6.45, 7) is 1.98. The molecular weight excluding hydrogens is 246 g/mol. The van der Waals surface area contributed by atoms with Crippen molar-refractivity contribution in [3.05, 3.63) is 33.9 Å². The number of hydrogen-bond donors (Lipinski definition) is 2. The van der Waals surface area contributed by atoms with Gasteiger partial charge < -0.3 is 10.4 Å². The maximum Gasteiger partial charge on any atom is 0.327 e. The molecule has 0 bridgehead atoms. The fourth-order valence-electron chi connectivity index (χ4n) is 1.46. The Morgan fingerprint density at radius 3 is 2.72 bits per heavy atom. The number of halogens is 2. The number of hydrogen-bond acceptors (Lipinski definition) is 4. The van der Waals surface area contributed by atoms with Crippen molar-refractivity contribution in [1.82, 2.24) is 0 Å². The van der Waals surface area contributed by atoms with Crippen LogP contribution in [0.4, 0.5) is 20.2 Å². The third-order valence-corrected chi connectivity index (χ3v) is 2.48. The quantitative estimate of drug-likeness (QED) is 0.608. The van der Waals surface area contributed by atoms with Gasteiger partial charge in [0.25, 0.3) is 0 Å². The molecule has 0 aliphatic heterocycles. The second kappa shape index (κ2) is 6.25. The molecule has 0 amide bonds. The molecule has 0 heterocycles. The molecule has 0 saturated heterocycles. The number of nitro benzene ring substituents is 1. The number of aliphatic hydroxyl groups is 1. The van der Waals surface area contributed by atoms with Crippen LogP contribution in [0, 0.1) is 21.7 Å². The van der Waals surface area contributed by atoms with Crippen molar-refractivity contribution in [2.24, 2.45) is 0 Å². The first kappa shape index (κ1) is 14.3. The Balaban J connectivity index is 2.83. The average Bonchev–Trinajstić information content (AvgIpc) is 2.27. The lowest BCUT2D eigenvalue weighted by molar-refractivity contribution is -0.386. The van der Waals surface area contributed by atoms with E-state index in [0.717, 1.165) is 6.07 Å². The number of nitrogens with zero attached hydrogens (tertiary/aromatic N) is 1. The number of anilines is 1. The molecule has 1 rings (SSSR count). The second-order valence-electron chi connectivity index (χ2n) is 3.82. The highest BCUT2D eigenvalue weighted by atomic mass is 19.1. The van der Waals surface area contributed by atoms with Gasteiger partial charge in [-0.05, 0) is 12.8 Å². The molecule has 5 nitrogen and oxygen atoms in total. The van der Waals surface area contributed by atoms with Crippen LogP contribution in [-0.4, -0.2) is 22.7 Å². The number of nitrogens with one attached hydrogen (secondary N) is 1. The SMILES string of the molecule is CCC(O)CCNc1cc(F)cc(F)c1[N+](=O)[O-]. The summed E-state index contributed by atoms with van der Waals surface area (Å²) >= 11 is 0. The van der Waals surface area contributed by atoms with Gasteiger partial charge in [-0.2, -0.15) is 4.39 Å². The molecule has 1 aromatic rings. The van der Waals surface area contributed by atoms with Gasteiger partial charge in [0.2, 0.25) is 5.82 Å². The minimum Gasteiger partial charge on any atom is -0.393 e. The molecule has 1 unspecified atom stereocenters. The summed E-state index contributed by atoms with van der Waals surface area (Å²) in [6, 6.07) is 1.32. The zero-order valence-electron chi connectivity index (χ0n) is 9.82. The third-order valence-electron chi connectivity index (χ3n) is 2.48. The normalized spacial score (nSPS) is 12.2. The van der Waals surface area contributed by atoms with Crippen molar-refractivity contribution < 1.29 is 18.8 Å². The van der Waals surface area contributed by atoms with Gasteiger partial charge in [-0.3, -0.25) is 10.1 Å². The van der Waals surface area contributed by atoms with Crippen LogP contribution in [0.25, 0.3) is 0 Å². The molecule has 1 aromatic carbocycles. The zero-order chi connectivity index (χ0) is 13.7. The Morgan fingerprint density at radius 1 is 1.50 bits per heavy atom. The molecule has 2 N–H and O–H groups in total. The monoisotopic (exact) mass is 260 g/mol. The summed E-state index contributed by atoms with van der Waals surface area (Å²) in [6.07, 6.45) is 0.336. The average molecular weight is 260 g/mol. The summed E-state index contributed by atoms with van der Waals surface area (Å²) in [5.41, 5.74) is -1.01. The Kier molecular flexibility index (Phi) is 4.96. The summed E-state index contributed by atoms with van der Waals surface area (Å²) in [7, 11) is 0. The smallest absolute Gasteiger partial charge is 0.327 e. The molecule has 18 heavy (non-hydrogen) atoms. The van der Waals surface area contributed by atoms with E-state index in [-0.39, 0.29) is 12.2 Å². The Hall–Kier alpha value is -1.76. The van der Waals surface area contributed by atoms with Crippen LogP contribution < -0.4 is 5.32 Å². The third kappa shape index (κ3) is 3.63. The fourth-order valence-corrected chi connectivity index (χ4v) is 1.46. The van der Waals surface area contributed by atoms with Crippen molar-refractivity contribution in [1.29, 1.82) is 0 Å². The highest BCUT2D eigenvalue weighted by Crippen LogP contribution is 2.28. The number of nitro groups is 1.